The Labute approximate surface area is 132 Å². The highest BCUT2D eigenvalue weighted by Crippen LogP contribution is 2.20. The van der Waals surface area contributed by atoms with Crippen LogP contribution in [0.15, 0.2) is 36.8 Å². The fraction of sp³-hybridized carbons (Fsp3) is 0.333. The molecule has 3 heterocycles. The number of nitrogens with one attached hydrogen (secondary N) is 1. The first-order valence-electron chi connectivity index (χ1n) is 7.22. The number of rotatable bonds is 4. The van der Waals surface area contributed by atoms with Crippen LogP contribution in [-0.2, 0) is 0 Å². The van der Waals surface area contributed by atoms with Crippen LogP contribution in [0.5, 0.6) is 0 Å². The summed E-state index contributed by atoms with van der Waals surface area (Å²) in [7, 11) is 0. The lowest BCUT2D eigenvalue weighted by Crippen LogP contribution is -2.42. The van der Waals surface area contributed by atoms with E-state index in [1.807, 2.05) is 4.90 Å². The fourth-order valence-corrected chi connectivity index (χ4v) is 2.59. The van der Waals surface area contributed by atoms with Crippen molar-refractivity contribution in [1.82, 2.24) is 20.3 Å². The second kappa shape index (κ2) is 6.66. The Morgan fingerprint density at radius 3 is 2.74 bits per heavy atom. The first-order valence-corrected chi connectivity index (χ1v) is 7.22. The largest absolute Gasteiger partial charge is 0.396 e. The minimum absolute atomic E-state index is 0.0644. The molecule has 0 spiro atoms. The molecule has 0 radical (unpaired) electrons. The molecule has 120 valence electrons. The maximum atomic E-state index is 12.9. The summed E-state index contributed by atoms with van der Waals surface area (Å²) in [5.41, 5.74) is 0.137. The highest BCUT2D eigenvalue weighted by atomic mass is 19.1. The number of hydrogen-bond donors (Lipinski definition) is 2. The Balaban J connectivity index is 1.69. The molecule has 0 unspecified atom stereocenters. The van der Waals surface area contributed by atoms with Gasteiger partial charge in [0.15, 0.2) is 0 Å². The summed E-state index contributed by atoms with van der Waals surface area (Å²) in [4.78, 5) is 26.2. The molecule has 1 aliphatic rings. The van der Waals surface area contributed by atoms with Gasteiger partial charge in [0.2, 0.25) is 5.95 Å². The zero-order valence-electron chi connectivity index (χ0n) is 12.3. The van der Waals surface area contributed by atoms with Gasteiger partial charge in [0, 0.05) is 38.0 Å². The summed E-state index contributed by atoms with van der Waals surface area (Å²) < 4.78 is 12.9. The quantitative estimate of drug-likeness (QED) is 0.839. The number of aliphatic hydroxyl groups excluding tert-OH is 1. The predicted molar refractivity (Wildman–Crippen MR) is 80.3 cm³/mol. The molecule has 2 atom stereocenters. The van der Waals surface area contributed by atoms with Gasteiger partial charge in [-0.05, 0) is 18.2 Å². The van der Waals surface area contributed by atoms with Crippen molar-refractivity contribution in [2.24, 2.45) is 5.92 Å². The second-order valence-electron chi connectivity index (χ2n) is 5.34. The molecule has 1 fully saturated rings. The van der Waals surface area contributed by atoms with Crippen LogP contribution in [0.2, 0.25) is 0 Å². The van der Waals surface area contributed by atoms with Crippen LogP contribution >= 0.6 is 0 Å². The molecule has 0 aromatic carbocycles. The molecule has 1 amide bonds. The third-order valence-electron chi connectivity index (χ3n) is 3.79. The average molecular weight is 317 g/mol. The Bertz CT molecular complexity index is 667. The highest BCUT2D eigenvalue weighted by molar-refractivity contribution is 5.92. The molecule has 7 nitrogen and oxygen atoms in total. The molecule has 1 aliphatic heterocycles. The molecule has 0 saturated carbocycles. The van der Waals surface area contributed by atoms with Gasteiger partial charge < -0.3 is 15.3 Å². The van der Waals surface area contributed by atoms with E-state index in [0.717, 1.165) is 6.20 Å². The summed E-state index contributed by atoms with van der Waals surface area (Å²) in [5.74, 6) is -0.474. The zero-order valence-corrected chi connectivity index (χ0v) is 12.3. The maximum absolute atomic E-state index is 12.9. The van der Waals surface area contributed by atoms with Crippen molar-refractivity contribution in [3.8, 4) is 0 Å². The smallest absolute Gasteiger partial charge is 0.270 e. The number of pyridine rings is 1. The van der Waals surface area contributed by atoms with Crippen molar-refractivity contribution in [2.75, 3.05) is 24.6 Å². The van der Waals surface area contributed by atoms with Crippen molar-refractivity contribution in [3.63, 3.8) is 0 Å². The fourth-order valence-electron chi connectivity index (χ4n) is 2.59. The number of halogens is 1. The third kappa shape index (κ3) is 3.42. The van der Waals surface area contributed by atoms with Gasteiger partial charge >= 0.3 is 0 Å². The molecule has 2 N–H and O–H groups in total. The summed E-state index contributed by atoms with van der Waals surface area (Å²) in [5, 5.41) is 12.4. The number of aromatic nitrogens is 3. The van der Waals surface area contributed by atoms with Crippen molar-refractivity contribution < 1.29 is 14.3 Å². The molecule has 3 rings (SSSR count). The summed E-state index contributed by atoms with van der Waals surface area (Å²) in [6.07, 6.45) is 4.28. The zero-order chi connectivity index (χ0) is 16.2. The normalized spacial score (nSPS) is 20.5. The van der Waals surface area contributed by atoms with E-state index in [9.17, 15) is 14.3 Å². The number of aliphatic hydroxyl groups is 1. The van der Waals surface area contributed by atoms with Gasteiger partial charge in [-0.15, -0.1) is 0 Å². The average Bonchev–Trinajstić information content (AvgIpc) is 2.99. The summed E-state index contributed by atoms with van der Waals surface area (Å²) in [6, 6.07) is 3.97. The molecule has 0 aliphatic carbocycles. The molecule has 23 heavy (non-hydrogen) atoms. The molecular weight excluding hydrogens is 301 g/mol. The van der Waals surface area contributed by atoms with E-state index in [4.69, 9.17) is 0 Å². The van der Waals surface area contributed by atoms with Crippen LogP contribution in [0.25, 0.3) is 0 Å². The maximum Gasteiger partial charge on any atom is 0.270 e. The van der Waals surface area contributed by atoms with Crippen molar-refractivity contribution >= 4 is 11.9 Å². The molecule has 8 heteroatoms. The number of nitrogens with zero attached hydrogens (tertiary/aromatic N) is 4. The van der Waals surface area contributed by atoms with E-state index in [2.05, 4.69) is 20.3 Å². The van der Waals surface area contributed by atoms with Gasteiger partial charge in [0.1, 0.15) is 11.5 Å². The van der Waals surface area contributed by atoms with E-state index in [0.29, 0.717) is 19.0 Å². The molecular formula is C15H16FN5O2. The molecule has 2 aromatic rings. The van der Waals surface area contributed by atoms with Gasteiger partial charge in [-0.1, -0.05) is 0 Å². The van der Waals surface area contributed by atoms with Gasteiger partial charge in [-0.2, -0.15) is 0 Å². The molecule has 2 aromatic heterocycles. The van der Waals surface area contributed by atoms with E-state index in [1.165, 1.54) is 12.1 Å². The lowest BCUT2D eigenvalue weighted by molar-refractivity contribution is 0.0916. The van der Waals surface area contributed by atoms with E-state index in [1.54, 1.807) is 18.5 Å². The topological polar surface area (TPSA) is 91.2 Å². The van der Waals surface area contributed by atoms with Crippen LogP contribution in [0.3, 0.4) is 0 Å². The standard InChI is InChI=1S/C15H16FN5O2/c16-11-2-3-12(19-6-11)14(23)20-13-8-21(7-10(13)9-22)15-17-4-1-5-18-15/h1-6,10,13,22H,7-9H2,(H,20,23)/t10-,13+/m0/s1. The van der Waals surface area contributed by atoms with E-state index in [-0.39, 0.29) is 24.3 Å². The minimum atomic E-state index is -0.497. The van der Waals surface area contributed by atoms with Crippen LogP contribution in [-0.4, -0.2) is 51.7 Å². The van der Waals surface area contributed by atoms with Gasteiger partial charge in [-0.25, -0.2) is 19.3 Å². The molecule has 0 bridgehead atoms. The van der Waals surface area contributed by atoms with Crippen molar-refractivity contribution in [1.29, 1.82) is 0 Å². The Morgan fingerprint density at radius 1 is 1.30 bits per heavy atom. The number of amides is 1. The van der Waals surface area contributed by atoms with Gasteiger partial charge in [-0.3, -0.25) is 4.79 Å². The predicted octanol–water partition coefficient (Wildman–Crippen LogP) is 0.238. The van der Waals surface area contributed by atoms with Crippen LogP contribution in [0, 0.1) is 11.7 Å². The Morgan fingerprint density at radius 2 is 2.09 bits per heavy atom. The number of carbonyl (C=O) groups excluding carboxylic acids is 1. The van der Waals surface area contributed by atoms with Crippen molar-refractivity contribution in [3.05, 3.63) is 48.3 Å². The highest BCUT2D eigenvalue weighted by Gasteiger charge is 2.34. The first-order chi connectivity index (χ1) is 11.2. The lowest BCUT2D eigenvalue weighted by atomic mass is 10.1. The van der Waals surface area contributed by atoms with E-state index < -0.39 is 11.7 Å². The number of anilines is 1. The van der Waals surface area contributed by atoms with Gasteiger partial charge in [0.25, 0.3) is 5.91 Å². The lowest BCUT2D eigenvalue weighted by Gasteiger charge is -2.17. The monoisotopic (exact) mass is 317 g/mol. The van der Waals surface area contributed by atoms with Gasteiger partial charge in [0.05, 0.1) is 12.2 Å². The number of hydrogen-bond acceptors (Lipinski definition) is 6. The van der Waals surface area contributed by atoms with E-state index >= 15 is 0 Å². The van der Waals surface area contributed by atoms with Crippen LogP contribution in [0.4, 0.5) is 10.3 Å². The first kappa shape index (κ1) is 15.3. The summed E-state index contributed by atoms with van der Waals surface area (Å²) >= 11 is 0. The van der Waals surface area contributed by atoms with Crippen LogP contribution in [0.1, 0.15) is 10.5 Å². The number of carbonyl (C=O) groups is 1. The Hall–Kier alpha value is -2.61. The third-order valence-corrected chi connectivity index (χ3v) is 3.79. The summed E-state index contributed by atoms with van der Waals surface area (Å²) in [6.45, 7) is 0.968. The second-order valence-corrected chi connectivity index (χ2v) is 5.34. The SMILES string of the molecule is O=C(N[C@@H]1CN(c2ncccn2)C[C@H]1CO)c1ccc(F)cn1. The minimum Gasteiger partial charge on any atom is -0.396 e. The van der Waals surface area contributed by atoms with Crippen molar-refractivity contribution in [2.45, 2.75) is 6.04 Å². The van der Waals surface area contributed by atoms with Crippen LogP contribution < -0.4 is 10.2 Å². The Kier molecular flexibility index (Phi) is 4.42. The molecule has 1 saturated heterocycles.